The zero-order valence-electron chi connectivity index (χ0n) is 16.9. The van der Waals surface area contributed by atoms with Gasteiger partial charge in [0.25, 0.3) is 0 Å². The van der Waals surface area contributed by atoms with E-state index in [-0.39, 0.29) is 34.7 Å². The van der Waals surface area contributed by atoms with Gasteiger partial charge < -0.3 is 14.9 Å². The summed E-state index contributed by atoms with van der Waals surface area (Å²) in [7, 11) is 0. The Morgan fingerprint density at radius 3 is 2.70 bits per heavy atom. The summed E-state index contributed by atoms with van der Waals surface area (Å²) in [5.41, 5.74) is 1.09. The molecule has 4 heteroatoms. The molecule has 0 spiro atoms. The van der Waals surface area contributed by atoms with E-state index >= 15 is 0 Å². The van der Waals surface area contributed by atoms with E-state index in [1.807, 2.05) is 6.08 Å². The maximum atomic E-state index is 11.4. The topological polar surface area (TPSA) is 66.8 Å². The van der Waals surface area contributed by atoms with Gasteiger partial charge in [0.2, 0.25) is 0 Å². The molecule has 27 heavy (non-hydrogen) atoms. The Balaban J connectivity index is 1.69. The van der Waals surface area contributed by atoms with Crippen molar-refractivity contribution in [1.29, 1.82) is 0 Å². The molecule has 150 valence electrons. The summed E-state index contributed by atoms with van der Waals surface area (Å²) in [6.45, 7) is 10.1. The molecular formula is C23H34O4. The Kier molecular flexibility index (Phi) is 4.59. The number of aliphatic hydroxyl groups is 2. The van der Waals surface area contributed by atoms with E-state index in [1.165, 1.54) is 12.5 Å². The number of carbonyl (C=O) groups is 1. The first-order valence-electron chi connectivity index (χ1n) is 10.6. The molecule has 0 aromatic rings. The highest BCUT2D eigenvalue weighted by Gasteiger charge is 2.63. The number of esters is 1. The average molecular weight is 375 g/mol. The molecule has 3 unspecified atom stereocenters. The molecule has 0 aromatic carbocycles. The first kappa shape index (κ1) is 19.2. The molecule has 0 bridgehead atoms. The van der Waals surface area contributed by atoms with E-state index in [1.54, 1.807) is 0 Å². The van der Waals surface area contributed by atoms with Crippen molar-refractivity contribution in [3.8, 4) is 0 Å². The van der Waals surface area contributed by atoms with Crippen LogP contribution in [-0.2, 0) is 9.53 Å². The second-order valence-corrected chi connectivity index (χ2v) is 9.98. The van der Waals surface area contributed by atoms with Crippen LogP contribution in [0.15, 0.2) is 24.3 Å². The van der Waals surface area contributed by atoms with Crippen molar-refractivity contribution >= 4 is 5.97 Å². The molecule has 9 atom stereocenters. The third kappa shape index (κ3) is 2.74. The van der Waals surface area contributed by atoms with E-state index in [0.29, 0.717) is 18.3 Å². The summed E-state index contributed by atoms with van der Waals surface area (Å²) in [5.74, 6) is 0.774. The predicted octanol–water partition coefficient (Wildman–Crippen LogP) is 3.62. The third-order valence-corrected chi connectivity index (χ3v) is 8.71. The van der Waals surface area contributed by atoms with E-state index in [4.69, 9.17) is 4.74 Å². The van der Waals surface area contributed by atoms with Gasteiger partial charge in [-0.1, -0.05) is 31.6 Å². The standard InChI is InChI=1S/C23H34O4/c1-5-14-6-7-17-20-18(25)11-15-10-16(27-13(2)24)8-9-22(15,3)21(20)19(26)12-23(14,17)4/h5,11,14,16-21,25-26H,1,6-10,12H2,2-4H3/t14-,16?,17-,18?,19?,20+,21-,22-,23+/m0/s1. The van der Waals surface area contributed by atoms with Crippen LogP contribution < -0.4 is 0 Å². The molecule has 4 aliphatic carbocycles. The van der Waals surface area contributed by atoms with Gasteiger partial charge in [0.15, 0.2) is 0 Å². The lowest BCUT2D eigenvalue weighted by Crippen LogP contribution is -2.59. The first-order chi connectivity index (χ1) is 12.7. The Morgan fingerprint density at radius 2 is 2.04 bits per heavy atom. The lowest BCUT2D eigenvalue weighted by atomic mass is 9.46. The van der Waals surface area contributed by atoms with Gasteiger partial charge in [-0.2, -0.15) is 0 Å². The first-order valence-corrected chi connectivity index (χ1v) is 10.6. The van der Waals surface area contributed by atoms with Crippen molar-refractivity contribution in [3.63, 3.8) is 0 Å². The van der Waals surface area contributed by atoms with Crippen molar-refractivity contribution in [2.24, 2.45) is 34.5 Å². The maximum Gasteiger partial charge on any atom is 0.302 e. The minimum absolute atomic E-state index is 0.0277. The predicted molar refractivity (Wildman–Crippen MR) is 104 cm³/mol. The maximum absolute atomic E-state index is 11.4. The van der Waals surface area contributed by atoms with E-state index in [9.17, 15) is 15.0 Å². The smallest absolute Gasteiger partial charge is 0.302 e. The summed E-state index contributed by atoms with van der Waals surface area (Å²) >= 11 is 0. The zero-order chi connectivity index (χ0) is 19.6. The fraction of sp³-hybridized carbons (Fsp3) is 0.783. The Bertz CT molecular complexity index is 669. The average Bonchev–Trinajstić information content (AvgIpc) is 2.91. The van der Waals surface area contributed by atoms with E-state index in [2.05, 4.69) is 26.5 Å². The van der Waals surface area contributed by atoms with Crippen LogP contribution in [0.1, 0.15) is 59.3 Å². The Labute approximate surface area is 162 Å². The van der Waals surface area contributed by atoms with Crippen molar-refractivity contribution in [1.82, 2.24) is 0 Å². The number of hydrogen-bond donors (Lipinski definition) is 2. The molecule has 3 fully saturated rings. The summed E-state index contributed by atoms with van der Waals surface area (Å²) < 4.78 is 5.46. The molecule has 0 heterocycles. The minimum Gasteiger partial charge on any atom is -0.462 e. The zero-order valence-corrected chi connectivity index (χ0v) is 16.9. The van der Waals surface area contributed by atoms with Crippen LogP contribution >= 0.6 is 0 Å². The van der Waals surface area contributed by atoms with Crippen molar-refractivity contribution in [2.45, 2.75) is 77.6 Å². The molecule has 0 saturated heterocycles. The molecule has 0 aromatic heterocycles. The van der Waals surface area contributed by atoms with Crippen LogP contribution in [0.5, 0.6) is 0 Å². The molecule has 4 aliphatic rings. The molecular weight excluding hydrogens is 340 g/mol. The van der Waals surface area contributed by atoms with Crippen LogP contribution in [0.4, 0.5) is 0 Å². The number of carbonyl (C=O) groups excluding carboxylic acids is 1. The number of allylic oxidation sites excluding steroid dienone is 1. The largest absolute Gasteiger partial charge is 0.462 e. The highest BCUT2D eigenvalue weighted by molar-refractivity contribution is 5.66. The fourth-order valence-corrected chi connectivity index (χ4v) is 7.49. The highest BCUT2D eigenvalue weighted by atomic mass is 16.5. The number of ether oxygens (including phenoxy) is 1. The van der Waals surface area contributed by atoms with E-state index < -0.39 is 12.2 Å². The lowest BCUT2D eigenvalue weighted by Gasteiger charge is -2.60. The van der Waals surface area contributed by atoms with Gasteiger partial charge in [-0.25, -0.2) is 0 Å². The van der Waals surface area contributed by atoms with Gasteiger partial charge in [0, 0.05) is 13.3 Å². The van der Waals surface area contributed by atoms with Crippen molar-refractivity contribution < 1.29 is 19.7 Å². The summed E-state index contributed by atoms with van der Waals surface area (Å²) in [5, 5.41) is 22.4. The van der Waals surface area contributed by atoms with Crippen molar-refractivity contribution in [2.75, 3.05) is 0 Å². The van der Waals surface area contributed by atoms with Crippen LogP contribution in [0, 0.1) is 34.5 Å². The second-order valence-electron chi connectivity index (χ2n) is 9.98. The number of aliphatic hydroxyl groups excluding tert-OH is 2. The van der Waals surface area contributed by atoms with Crippen LogP contribution in [0.25, 0.3) is 0 Å². The lowest BCUT2D eigenvalue weighted by molar-refractivity contribution is -0.158. The van der Waals surface area contributed by atoms with Gasteiger partial charge in [-0.3, -0.25) is 4.79 Å². The molecule has 0 radical (unpaired) electrons. The molecule has 3 saturated carbocycles. The summed E-state index contributed by atoms with van der Waals surface area (Å²) in [6, 6.07) is 0. The molecule has 4 rings (SSSR count). The van der Waals surface area contributed by atoms with Crippen molar-refractivity contribution in [3.05, 3.63) is 24.3 Å². The van der Waals surface area contributed by atoms with E-state index in [0.717, 1.165) is 32.1 Å². The van der Waals surface area contributed by atoms with Crippen LogP contribution in [-0.4, -0.2) is 34.5 Å². The van der Waals surface area contributed by atoms with Gasteiger partial charge in [0.1, 0.15) is 6.10 Å². The SMILES string of the molecule is C=C[C@H]1CC[C@H]2[C@@H]3C(O)C=C4CC(OC(C)=O)CC[C@]4(C)[C@H]3C(O)C[C@]12C. The van der Waals surface area contributed by atoms with Crippen LogP contribution in [0.3, 0.4) is 0 Å². The fourth-order valence-electron chi connectivity index (χ4n) is 7.49. The minimum atomic E-state index is -0.531. The van der Waals surface area contributed by atoms with Gasteiger partial charge in [-0.05, 0) is 66.6 Å². The molecule has 0 aliphatic heterocycles. The monoisotopic (exact) mass is 374 g/mol. The summed E-state index contributed by atoms with van der Waals surface area (Å²) in [6.07, 6.45) is 8.47. The highest BCUT2D eigenvalue weighted by Crippen LogP contribution is 2.66. The number of fused-ring (bicyclic) bond motifs is 5. The third-order valence-electron chi connectivity index (χ3n) is 8.71. The number of rotatable bonds is 2. The normalized spacial score (nSPS) is 51.4. The summed E-state index contributed by atoms with van der Waals surface area (Å²) in [4.78, 5) is 11.4. The van der Waals surface area contributed by atoms with Gasteiger partial charge >= 0.3 is 5.97 Å². The molecule has 0 amide bonds. The van der Waals surface area contributed by atoms with Gasteiger partial charge in [0.05, 0.1) is 12.2 Å². The molecule has 4 nitrogen and oxygen atoms in total. The number of hydrogen-bond acceptors (Lipinski definition) is 4. The Hall–Kier alpha value is -1.13. The second kappa shape index (κ2) is 6.45. The Morgan fingerprint density at radius 1 is 1.30 bits per heavy atom. The molecule has 2 N–H and O–H groups in total. The quantitative estimate of drug-likeness (QED) is 0.572. The van der Waals surface area contributed by atoms with Gasteiger partial charge in [-0.15, -0.1) is 6.58 Å². The van der Waals surface area contributed by atoms with Crippen LogP contribution in [0.2, 0.25) is 0 Å².